The number of hydrogen-bond donors (Lipinski definition) is 0. The molecule has 4 atom stereocenters. The summed E-state index contributed by atoms with van der Waals surface area (Å²) in [7, 11) is 4.66. The van der Waals surface area contributed by atoms with Crippen LogP contribution in [-0.4, -0.2) is 38.5 Å². The Bertz CT molecular complexity index is 794. The molecule has 1 saturated carbocycles. The SMILES string of the molecule is C=CCC1=C[C@@]2(OC)C(=O)[C@H](C1=O)[C@H](c1ccc(OC)c(OC)c1)[C@@H]2C. The molecule has 5 heteroatoms. The average molecular weight is 356 g/mol. The van der Waals surface area contributed by atoms with Crippen molar-refractivity contribution in [3.8, 4) is 11.5 Å². The predicted octanol–water partition coefficient (Wildman–Crippen LogP) is 3.09. The van der Waals surface area contributed by atoms with Gasteiger partial charge in [-0.05, 0) is 35.8 Å². The average Bonchev–Trinajstić information content (AvgIpc) is 2.81. The number of hydrogen-bond acceptors (Lipinski definition) is 5. The lowest BCUT2D eigenvalue weighted by atomic mass is 9.80. The van der Waals surface area contributed by atoms with Crippen LogP contribution >= 0.6 is 0 Å². The minimum atomic E-state index is -1.07. The first-order valence-corrected chi connectivity index (χ1v) is 8.63. The molecule has 0 spiro atoms. The van der Waals surface area contributed by atoms with Gasteiger partial charge in [0, 0.05) is 18.9 Å². The number of carbonyl (C=O) groups is 2. The third-order valence-electron chi connectivity index (χ3n) is 5.72. The van der Waals surface area contributed by atoms with Gasteiger partial charge in [0.1, 0.15) is 5.60 Å². The summed E-state index contributed by atoms with van der Waals surface area (Å²) in [6, 6.07) is 5.54. The van der Waals surface area contributed by atoms with Gasteiger partial charge in [-0.25, -0.2) is 0 Å². The number of carbonyl (C=O) groups excluding carboxylic acids is 2. The Balaban J connectivity index is 2.13. The summed E-state index contributed by atoms with van der Waals surface area (Å²) in [4.78, 5) is 26.1. The topological polar surface area (TPSA) is 61.8 Å². The molecule has 1 fully saturated rings. The van der Waals surface area contributed by atoms with Gasteiger partial charge in [-0.3, -0.25) is 9.59 Å². The first-order chi connectivity index (χ1) is 12.4. The van der Waals surface area contributed by atoms with Gasteiger partial charge in [-0.15, -0.1) is 6.58 Å². The fraction of sp³-hybridized carbons (Fsp3) is 0.429. The minimum absolute atomic E-state index is 0.133. The van der Waals surface area contributed by atoms with Gasteiger partial charge < -0.3 is 14.2 Å². The van der Waals surface area contributed by atoms with Crippen molar-refractivity contribution in [2.75, 3.05) is 21.3 Å². The second-order valence-corrected chi connectivity index (χ2v) is 6.79. The van der Waals surface area contributed by atoms with E-state index in [1.54, 1.807) is 32.4 Å². The molecule has 0 N–H and O–H groups in total. The van der Waals surface area contributed by atoms with E-state index >= 15 is 0 Å². The Hall–Kier alpha value is -2.40. The molecule has 0 heterocycles. The van der Waals surface area contributed by atoms with E-state index in [1.807, 2.05) is 19.1 Å². The molecule has 2 aliphatic rings. The lowest BCUT2D eigenvalue weighted by Gasteiger charge is -2.30. The monoisotopic (exact) mass is 356 g/mol. The number of benzene rings is 1. The summed E-state index contributed by atoms with van der Waals surface area (Å²) < 4.78 is 16.4. The smallest absolute Gasteiger partial charge is 0.180 e. The molecule has 2 aliphatic carbocycles. The summed E-state index contributed by atoms with van der Waals surface area (Å²) in [5.41, 5.74) is 0.393. The number of rotatable bonds is 6. The third kappa shape index (κ3) is 2.42. The summed E-state index contributed by atoms with van der Waals surface area (Å²) in [6.07, 6.45) is 3.82. The molecular weight excluding hydrogens is 332 g/mol. The molecule has 0 saturated heterocycles. The standard InChI is InChI=1S/C21H24O5/c1-6-7-14-11-21(26-5)12(2)17(18(19(14)22)20(21)23)13-8-9-15(24-3)16(10-13)25-4/h6,8-12,17-18H,1,7H2,2-5H3/t12-,17-,18-,21-/m0/s1. The van der Waals surface area contributed by atoms with Crippen LogP contribution in [0.3, 0.4) is 0 Å². The number of Topliss-reactive ketones (excluding diaryl/α,β-unsaturated/α-hetero) is 2. The molecule has 0 aromatic heterocycles. The van der Waals surface area contributed by atoms with Gasteiger partial charge in [-0.2, -0.15) is 0 Å². The summed E-state index contributed by atoms with van der Waals surface area (Å²) in [6.45, 7) is 5.68. The van der Waals surface area contributed by atoms with Gasteiger partial charge in [0.05, 0.1) is 20.1 Å². The van der Waals surface area contributed by atoms with Crippen molar-refractivity contribution >= 4 is 11.6 Å². The first kappa shape index (κ1) is 18.4. The number of fused-ring (bicyclic) bond motifs is 2. The Labute approximate surface area is 153 Å². The number of ether oxygens (including phenoxy) is 3. The lowest BCUT2D eigenvalue weighted by Crippen LogP contribution is -2.45. The van der Waals surface area contributed by atoms with Gasteiger partial charge in [0.25, 0.3) is 0 Å². The first-order valence-electron chi connectivity index (χ1n) is 8.63. The van der Waals surface area contributed by atoms with Crippen LogP contribution in [0, 0.1) is 11.8 Å². The van der Waals surface area contributed by atoms with Crippen LogP contribution in [0.2, 0.25) is 0 Å². The van der Waals surface area contributed by atoms with E-state index in [4.69, 9.17) is 14.2 Å². The molecule has 0 unspecified atom stereocenters. The van der Waals surface area contributed by atoms with Crippen molar-refractivity contribution in [3.05, 3.63) is 48.1 Å². The predicted molar refractivity (Wildman–Crippen MR) is 97.6 cm³/mol. The zero-order valence-corrected chi connectivity index (χ0v) is 15.6. The van der Waals surface area contributed by atoms with Crippen molar-refractivity contribution in [1.29, 1.82) is 0 Å². The molecule has 3 rings (SSSR count). The fourth-order valence-corrected chi connectivity index (χ4v) is 4.40. The highest BCUT2D eigenvalue weighted by Gasteiger charge is 2.63. The summed E-state index contributed by atoms with van der Waals surface area (Å²) >= 11 is 0. The van der Waals surface area contributed by atoms with E-state index in [0.29, 0.717) is 23.5 Å². The Morgan fingerprint density at radius 3 is 2.42 bits per heavy atom. The normalized spacial score (nSPS) is 30.2. The summed E-state index contributed by atoms with van der Waals surface area (Å²) in [5.74, 6) is -0.332. The zero-order chi connectivity index (χ0) is 19.1. The van der Waals surface area contributed by atoms with Crippen molar-refractivity contribution in [2.24, 2.45) is 11.8 Å². The Kier molecular flexibility index (Phi) is 4.76. The number of methoxy groups -OCH3 is 3. The molecule has 5 nitrogen and oxygen atoms in total. The number of ketones is 2. The molecule has 138 valence electrons. The van der Waals surface area contributed by atoms with E-state index in [-0.39, 0.29) is 23.4 Å². The van der Waals surface area contributed by atoms with Gasteiger partial charge in [0.2, 0.25) is 0 Å². The fourth-order valence-electron chi connectivity index (χ4n) is 4.40. The van der Waals surface area contributed by atoms with Gasteiger partial charge in [-0.1, -0.05) is 19.1 Å². The van der Waals surface area contributed by atoms with Gasteiger partial charge in [0.15, 0.2) is 23.1 Å². The highest BCUT2D eigenvalue weighted by atomic mass is 16.5. The van der Waals surface area contributed by atoms with Crippen molar-refractivity contribution in [1.82, 2.24) is 0 Å². The van der Waals surface area contributed by atoms with Crippen molar-refractivity contribution in [3.63, 3.8) is 0 Å². The van der Waals surface area contributed by atoms with Crippen LogP contribution in [0.25, 0.3) is 0 Å². The van der Waals surface area contributed by atoms with Gasteiger partial charge >= 0.3 is 0 Å². The largest absolute Gasteiger partial charge is 0.493 e. The van der Waals surface area contributed by atoms with Crippen molar-refractivity contribution < 1.29 is 23.8 Å². The maximum Gasteiger partial charge on any atom is 0.180 e. The molecule has 1 aromatic carbocycles. The van der Waals surface area contributed by atoms with Crippen LogP contribution < -0.4 is 9.47 Å². The van der Waals surface area contributed by atoms with E-state index in [2.05, 4.69) is 6.58 Å². The maximum absolute atomic E-state index is 13.1. The van der Waals surface area contributed by atoms with Crippen LogP contribution in [0.4, 0.5) is 0 Å². The minimum Gasteiger partial charge on any atom is -0.493 e. The van der Waals surface area contributed by atoms with E-state index in [0.717, 1.165) is 5.56 Å². The molecule has 2 bridgehead atoms. The molecule has 26 heavy (non-hydrogen) atoms. The highest BCUT2D eigenvalue weighted by molar-refractivity contribution is 6.19. The van der Waals surface area contributed by atoms with Crippen LogP contribution in [-0.2, 0) is 14.3 Å². The summed E-state index contributed by atoms with van der Waals surface area (Å²) in [5, 5.41) is 0. The number of allylic oxidation sites excluding steroid dienone is 2. The Morgan fingerprint density at radius 2 is 1.85 bits per heavy atom. The van der Waals surface area contributed by atoms with E-state index in [9.17, 15) is 9.59 Å². The Morgan fingerprint density at radius 1 is 1.15 bits per heavy atom. The van der Waals surface area contributed by atoms with Crippen LogP contribution in [0.15, 0.2) is 42.5 Å². The quantitative estimate of drug-likeness (QED) is 0.579. The second kappa shape index (κ2) is 6.72. The highest BCUT2D eigenvalue weighted by Crippen LogP contribution is 2.54. The molecule has 0 amide bonds. The van der Waals surface area contributed by atoms with Crippen LogP contribution in [0.5, 0.6) is 11.5 Å². The van der Waals surface area contributed by atoms with Crippen LogP contribution in [0.1, 0.15) is 24.8 Å². The third-order valence-corrected chi connectivity index (χ3v) is 5.72. The van der Waals surface area contributed by atoms with E-state index in [1.165, 1.54) is 7.11 Å². The van der Waals surface area contributed by atoms with Crippen molar-refractivity contribution in [2.45, 2.75) is 24.9 Å². The second-order valence-electron chi connectivity index (χ2n) is 6.79. The molecule has 0 radical (unpaired) electrons. The van der Waals surface area contributed by atoms with E-state index < -0.39 is 11.5 Å². The maximum atomic E-state index is 13.1. The molecule has 0 aliphatic heterocycles. The molecule has 1 aromatic rings. The molecular formula is C21H24O5. The zero-order valence-electron chi connectivity index (χ0n) is 15.6. The lowest BCUT2D eigenvalue weighted by molar-refractivity contribution is -0.141.